The summed E-state index contributed by atoms with van der Waals surface area (Å²) in [5.74, 6) is 0.662. The zero-order valence-electron chi connectivity index (χ0n) is 11.5. The summed E-state index contributed by atoms with van der Waals surface area (Å²) in [5, 5.41) is 4.79. The molecule has 1 aliphatic heterocycles. The molecule has 0 amide bonds. The second-order valence-electron chi connectivity index (χ2n) is 5.20. The summed E-state index contributed by atoms with van der Waals surface area (Å²) in [4.78, 5) is 23.1. The SMILES string of the molecule is Cn1c(N2CC(n3cccn3)C2)nc2ncccc2c1=O. The number of rotatable bonds is 2. The van der Waals surface area contributed by atoms with Crippen LogP contribution < -0.4 is 10.5 Å². The number of anilines is 1. The van der Waals surface area contributed by atoms with Gasteiger partial charge in [-0.3, -0.25) is 14.0 Å². The fraction of sp³-hybridized carbons (Fsp3) is 0.286. The Balaban J connectivity index is 1.69. The maximum Gasteiger partial charge on any atom is 0.264 e. The summed E-state index contributed by atoms with van der Waals surface area (Å²) in [6.45, 7) is 1.58. The lowest BCUT2D eigenvalue weighted by Crippen LogP contribution is -2.50. The van der Waals surface area contributed by atoms with Crippen LogP contribution in [0.3, 0.4) is 0 Å². The Bertz CT molecular complexity index is 848. The standard InChI is InChI=1S/C14H14N6O/c1-18-13(21)11-4-2-5-15-12(11)17-14(18)19-8-10(9-19)20-7-3-6-16-20/h2-7,10H,8-9H2,1H3. The van der Waals surface area contributed by atoms with E-state index in [2.05, 4.69) is 20.0 Å². The van der Waals surface area contributed by atoms with E-state index in [1.807, 2.05) is 16.9 Å². The third kappa shape index (κ3) is 1.81. The van der Waals surface area contributed by atoms with Gasteiger partial charge >= 0.3 is 0 Å². The highest BCUT2D eigenvalue weighted by Gasteiger charge is 2.31. The molecule has 4 heterocycles. The molecule has 0 bridgehead atoms. The van der Waals surface area contributed by atoms with Gasteiger partial charge in [0.05, 0.1) is 11.4 Å². The maximum absolute atomic E-state index is 12.3. The van der Waals surface area contributed by atoms with Crippen molar-refractivity contribution in [1.29, 1.82) is 0 Å². The monoisotopic (exact) mass is 282 g/mol. The molecule has 4 rings (SSSR count). The van der Waals surface area contributed by atoms with Gasteiger partial charge in [-0.2, -0.15) is 10.1 Å². The van der Waals surface area contributed by atoms with E-state index in [4.69, 9.17) is 0 Å². The molecule has 0 aliphatic carbocycles. The number of pyridine rings is 1. The Morgan fingerprint density at radius 2 is 2.10 bits per heavy atom. The van der Waals surface area contributed by atoms with Crippen LogP contribution in [0.1, 0.15) is 6.04 Å². The first-order valence-electron chi connectivity index (χ1n) is 6.80. The number of nitrogens with zero attached hydrogens (tertiary/aromatic N) is 6. The van der Waals surface area contributed by atoms with Crippen LogP contribution in [0.5, 0.6) is 0 Å². The average molecular weight is 282 g/mol. The van der Waals surface area contributed by atoms with Crippen molar-refractivity contribution in [2.75, 3.05) is 18.0 Å². The number of fused-ring (bicyclic) bond motifs is 1. The van der Waals surface area contributed by atoms with E-state index in [-0.39, 0.29) is 5.56 Å². The average Bonchev–Trinajstić information content (AvgIpc) is 2.96. The first-order valence-corrected chi connectivity index (χ1v) is 6.80. The van der Waals surface area contributed by atoms with E-state index < -0.39 is 0 Å². The molecule has 1 fully saturated rings. The molecule has 0 aromatic carbocycles. The Labute approximate surface area is 120 Å². The molecule has 3 aromatic rings. The van der Waals surface area contributed by atoms with Crippen LogP contribution in [-0.2, 0) is 7.05 Å². The molecule has 21 heavy (non-hydrogen) atoms. The highest BCUT2D eigenvalue weighted by Crippen LogP contribution is 2.25. The predicted octanol–water partition coefficient (Wildman–Crippen LogP) is 0.586. The number of aromatic nitrogens is 5. The fourth-order valence-corrected chi connectivity index (χ4v) is 2.66. The Kier molecular flexibility index (Phi) is 2.53. The van der Waals surface area contributed by atoms with Gasteiger partial charge in [-0.1, -0.05) is 0 Å². The van der Waals surface area contributed by atoms with E-state index in [9.17, 15) is 4.79 Å². The van der Waals surface area contributed by atoms with Gasteiger partial charge < -0.3 is 4.90 Å². The van der Waals surface area contributed by atoms with Gasteiger partial charge in [-0.15, -0.1) is 0 Å². The molecule has 0 spiro atoms. The van der Waals surface area contributed by atoms with E-state index in [1.165, 1.54) is 0 Å². The third-order valence-corrected chi connectivity index (χ3v) is 3.87. The summed E-state index contributed by atoms with van der Waals surface area (Å²) in [6.07, 6.45) is 5.38. The predicted molar refractivity (Wildman–Crippen MR) is 78.3 cm³/mol. The van der Waals surface area contributed by atoms with Gasteiger partial charge in [0.25, 0.3) is 5.56 Å². The molecule has 0 saturated carbocycles. The van der Waals surface area contributed by atoms with E-state index in [0.717, 1.165) is 13.1 Å². The summed E-state index contributed by atoms with van der Waals surface area (Å²) in [7, 11) is 1.75. The quantitative estimate of drug-likeness (QED) is 0.688. The molecular weight excluding hydrogens is 268 g/mol. The molecule has 1 saturated heterocycles. The second kappa shape index (κ2) is 4.41. The minimum Gasteiger partial charge on any atom is -0.338 e. The van der Waals surface area contributed by atoms with Gasteiger partial charge in [-0.25, -0.2) is 4.98 Å². The summed E-state index contributed by atoms with van der Waals surface area (Å²) < 4.78 is 3.53. The number of hydrogen-bond donors (Lipinski definition) is 0. The Hall–Kier alpha value is -2.70. The smallest absolute Gasteiger partial charge is 0.264 e. The van der Waals surface area contributed by atoms with E-state index in [1.54, 1.807) is 36.1 Å². The molecule has 7 nitrogen and oxygen atoms in total. The Morgan fingerprint density at radius 3 is 2.86 bits per heavy atom. The lowest BCUT2D eigenvalue weighted by Gasteiger charge is -2.40. The molecule has 3 aromatic heterocycles. The molecule has 106 valence electrons. The summed E-state index contributed by atoms with van der Waals surface area (Å²) in [5.41, 5.74) is 0.434. The zero-order chi connectivity index (χ0) is 14.4. The Morgan fingerprint density at radius 1 is 1.24 bits per heavy atom. The highest BCUT2D eigenvalue weighted by molar-refractivity contribution is 5.74. The molecule has 0 N–H and O–H groups in total. The molecule has 0 radical (unpaired) electrons. The first-order chi connectivity index (χ1) is 10.2. The fourth-order valence-electron chi connectivity index (χ4n) is 2.66. The largest absolute Gasteiger partial charge is 0.338 e. The van der Waals surface area contributed by atoms with Gasteiger partial charge in [-0.05, 0) is 18.2 Å². The minimum absolute atomic E-state index is 0.0642. The van der Waals surface area contributed by atoms with Crippen LogP contribution in [0, 0.1) is 0 Å². The summed E-state index contributed by atoms with van der Waals surface area (Å²) >= 11 is 0. The van der Waals surface area contributed by atoms with Gasteiger partial charge in [0, 0.05) is 38.7 Å². The minimum atomic E-state index is -0.0642. The van der Waals surface area contributed by atoms with Crippen LogP contribution >= 0.6 is 0 Å². The van der Waals surface area contributed by atoms with Gasteiger partial charge in [0.1, 0.15) is 0 Å². The molecule has 0 unspecified atom stereocenters. The molecule has 0 atom stereocenters. The lowest BCUT2D eigenvalue weighted by molar-refractivity contribution is 0.360. The normalized spacial score (nSPS) is 15.4. The van der Waals surface area contributed by atoms with Crippen LogP contribution in [0.15, 0.2) is 41.6 Å². The lowest BCUT2D eigenvalue weighted by atomic mass is 10.1. The van der Waals surface area contributed by atoms with Gasteiger partial charge in [0.2, 0.25) is 5.95 Å². The second-order valence-corrected chi connectivity index (χ2v) is 5.20. The maximum atomic E-state index is 12.3. The van der Waals surface area contributed by atoms with Crippen molar-refractivity contribution in [3.63, 3.8) is 0 Å². The van der Waals surface area contributed by atoms with Crippen molar-refractivity contribution in [3.8, 4) is 0 Å². The zero-order valence-corrected chi connectivity index (χ0v) is 11.5. The van der Waals surface area contributed by atoms with Crippen LogP contribution in [0.25, 0.3) is 11.0 Å². The van der Waals surface area contributed by atoms with Crippen molar-refractivity contribution < 1.29 is 0 Å². The highest BCUT2D eigenvalue weighted by atomic mass is 16.1. The van der Waals surface area contributed by atoms with Crippen LogP contribution in [-0.4, -0.2) is 37.4 Å². The first kappa shape index (κ1) is 12.1. The topological polar surface area (TPSA) is 68.8 Å². The van der Waals surface area contributed by atoms with Crippen LogP contribution in [0.4, 0.5) is 5.95 Å². The van der Waals surface area contributed by atoms with Crippen LogP contribution in [0.2, 0.25) is 0 Å². The van der Waals surface area contributed by atoms with Crippen molar-refractivity contribution >= 4 is 17.0 Å². The van der Waals surface area contributed by atoms with E-state index >= 15 is 0 Å². The molecule has 1 aliphatic rings. The van der Waals surface area contributed by atoms with E-state index in [0.29, 0.717) is 23.0 Å². The van der Waals surface area contributed by atoms with Crippen molar-refractivity contribution in [3.05, 3.63) is 47.1 Å². The van der Waals surface area contributed by atoms with Gasteiger partial charge in [0.15, 0.2) is 5.65 Å². The van der Waals surface area contributed by atoms with Crippen molar-refractivity contribution in [2.45, 2.75) is 6.04 Å². The van der Waals surface area contributed by atoms with Crippen molar-refractivity contribution in [2.24, 2.45) is 7.05 Å². The number of hydrogen-bond acceptors (Lipinski definition) is 5. The molecular formula is C14H14N6O. The third-order valence-electron chi connectivity index (χ3n) is 3.87. The molecule has 7 heteroatoms. The summed E-state index contributed by atoms with van der Waals surface area (Å²) in [6, 6.07) is 5.75. The van der Waals surface area contributed by atoms with Crippen molar-refractivity contribution in [1.82, 2.24) is 24.3 Å².